The number of hydrogen-bond acceptors (Lipinski definition) is 7. The van der Waals surface area contributed by atoms with E-state index in [1.165, 1.54) is 17.8 Å². The molecule has 0 fully saturated rings. The number of ether oxygens (including phenoxy) is 1. The first kappa shape index (κ1) is 21.9. The average Bonchev–Trinajstić information content (AvgIpc) is 3.44. The largest absolute Gasteiger partial charge is 0.497 e. The van der Waals surface area contributed by atoms with E-state index in [0.29, 0.717) is 46.2 Å². The van der Waals surface area contributed by atoms with Crippen molar-refractivity contribution in [3.05, 3.63) is 65.8 Å². The van der Waals surface area contributed by atoms with Gasteiger partial charge in [0.2, 0.25) is 5.89 Å². The van der Waals surface area contributed by atoms with Crippen molar-refractivity contribution in [1.29, 1.82) is 0 Å². The van der Waals surface area contributed by atoms with Gasteiger partial charge in [-0.1, -0.05) is 29.9 Å². The molecule has 32 heavy (non-hydrogen) atoms. The van der Waals surface area contributed by atoms with Crippen molar-refractivity contribution in [2.45, 2.75) is 30.4 Å². The van der Waals surface area contributed by atoms with Crippen molar-refractivity contribution < 1.29 is 22.4 Å². The minimum Gasteiger partial charge on any atom is -0.497 e. The van der Waals surface area contributed by atoms with E-state index in [1.807, 2.05) is 6.92 Å². The maximum atomic E-state index is 13.3. The molecule has 4 rings (SSSR count). The lowest BCUT2D eigenvalue weighted by atomic mass is 10.1. The summed E-state index contributed by atoms with van der Waals surface area (Å²) in [5.74, 6) is 2.33. The van der Waals surface area contributed by atoms with Crippen LogP contribution in [-0.4, -0.2) is 32.0 Å². The Kier molecular flexibility index (Phi) is 6.17. The van der Waals surface area contributed by atoms with Gasteiger partial charge in [-0.3, -0.25) is 4.57 Å². The van der Waals surface area contributed by atoms with Crippen LogP contribution < -0.4 is 4.74 Å². The quantitative estimate of drug-likeness (QED) is 0.350. The molecule has 0 atom stereocenters. The Bertz CT molecular complexity index is 1200. The van der Waals surface area contributed by atoms with Crippen LogP contribution in [0.4, 0.5) is 13.2 Å². The minimum atomic E-state index is -4.47. The molecule has 0 aliphatic rings. The number of halogens is 3. The van der Waals surface area contributed by atoms with Gasteiger partial charge in [-0.15, -0.1) is 10.2 Å². The highest BCUT2D eigenvalue weighted by Crippen LogP contribution is 2.34. The molecule has 7 nitrogen and oxygen atoms in total. The van der Waals surface area contributed by atoms with Crippen molar-refractivity contribution in [1.82, 2.24) is 24.9 Å². The van der Waals surface area contributed by atoms with Gasteiger partial charge in [0.1, 0.15) is 5.75 Å². The average molecular weight is 461 g/mol. The van der Waals surface area contributed by atoms with Crippen LogP contribution in [0, 0.1) is 0 Å². The summed E-state index contributed by atoms with van der Waals surface area (Å²) in [4.78, 5) is 4.26. The van der Waals surface area contributed by atoms with E-state index < -0.39 is 11.7 Å². The van der Waals surface area contributed by atoms with Crippen LogP contribution >= 0.6 is 11.8 Å². The number of rotatable bonds is 7. The highest BCUT2D eigenvalue weighted by Gasteiger charge is 2.31. The number of aromatic nitrogens is 5. The molecule has 0 unspecified atom stereocenters. The van der Waals surface area contributed by atoms with Crippen molar-refractivity contribution in [2.24, 2.45) is 0 Å². The number of methoxy groups -OCH3 is 1. The van der Waals surface area contributed by atoms with E-state index in [4.69, 9.17) is 9.26 Å². The van der Waals surface area contributed by atoms with E-state index in [0.717, 1.165) is 12.1 Å². The highest BCUT2D eigenvalue weighted by atomic mass is 32.2. The first-order chi connectivity index (χ1) is 15.4. The lowest BCUT2D eigenvalue weighted by molar-refractivity contribution is -0.137. The normalized spacial score (nSPS) is 11.7. The second-order valence-electron chi connectivity index (χ2n) is 6.66. The molecule has 166 valence electrons. The van der Waals surface area contributed by atoms with Crippen LogP contribution in [-0.2, 0) is 18.3 Å². The number of alkyl halides is 3. The highest BCUT2D eigenvalue weighted by molar-refractivity contribution is 7.98. The molecule has 2 aromatic heterocycles. The molecular formula is C21H18F3N5O2S. The molecule has 0 N–H and O–H groups in total. The second kappa shape index (κ2) is 9.03. The molecule has 0 saturated heterocycles. The Hall–Kier alpha value is -3.34. The Morgan fingerprint density at radius 3 is 2.53 bits per heavy atom. The third kappa shape index (κ3) is 4.62. The van der Waals surface area contributed by atoms with Crippen molar-refractivity contribution in [3.63, 3.8) is 0 Å². The van der Waals surface area contributed by atoms with Crippen LogP contribution in [0.1, 0.15) is 24.2 Å². The van der Waals surface area contributed by atoms with Gasteiger partial charge in [0, 0.05) is 12.0 Å². The predicted molar refractivity (Wildman–Crippen MR) is 112 cm³/mol. The standard InChI is InChI=1S/C21H18F3N5O2S/c1-3-17-25-18(31-28-17)12-32-20-27-26-19(13-7-9-16(30-2)10-8-13)29(20)15-6-4-5-14(11-15)21(22,23)24/h4-11H,3,12H2,1-2H3. The molecule has 0 radical (unpaired) electrons. The van der Waals surface area contributed by atoms with Crippen molar-refractivity contribution in [3.8, 4) is 22.8 Å². The maximum Gasteiger partial charge on any atom is 0.416 e. The minimum absolute atomic E-state index is 0.290. The summed E-state index contributed by atoms with van der Waals surface area (Å²) < 4.78 is 52.0. The van der Waals surface area contributed by atoms with E-state index in [2.05, 4.69) is 20.3 Å². The Balaban J connectivity index is 1.75. The molecule has 0 aliphatic carbocycles. The summed E-state index contributed by atoms with van der Waals surface area (Å²) in [6.45, 7) is 1.91. The van der Waals surface area contributed by atoms with Gasteiger partial charge in [-0.25, -0.2) is 0 Å². The van der Waals surface area contributed by atoms with Crippen LogP contribution in [0.25, 0.3) is 17.1 Å². The predicted octanol–water partition coefficient (Wildman–Crippen LogP) is 5.20. The Morgan fingerprint density at radius 1 is 1.09 bits per heavy atom. The zero-order chi connectivity index (χ0) is 22.7. The fourth-order valence-electron chi connectivity index (χ4n) is 2.96. The summed E-state index contributed by atoms with van der Waals surface area (Å²) >= 11 is 1.24. The van der Waals surface area contributed by atoms with Gasteiger partial charge in [0.05, 0.1) is 24.1 Å². The summed E-state index contributed by atoms with van der Waals surface area (Å²) in [5.41, 5.74) is 0.205. The lowest BCUT2D eigenvalue weighted by Crippen LogP contribution is -2.07. The lowest BCUT2D eigenvalue weighted by Gasteiger charge is -2.13. The van der Waals surface area contributed by atoms with Gasteiger partial charge in [0.25, 0.3) is 0 Å². The van der Waals surface area contributed by atoms with E-state index in [1.54, 1.807) is 42.0 Å². The van der Waals surface area contributed by atoms with Crippen LogP contribution in [0.3, 0.4) is 0 Å². The first-order valence-corrected chi connectivity index (χ1v) is 10.6. The SMILES string of the molecule is CCc1noc(CSc2nnc(-c3ccc(OC)cc3)n2-c2cccc(C(F)(F)F)c2)n1. The number of hydrogen-bond donors (Lipinski definition) is 0. The first-order valence-electron chi connectivity index (χ1n) is 9.60. The third-order valence-corrected chi connectivity index (χ3v) is 5.48. The zero-order valence-corrected chi connectivity index (χ0v) is 17.9. The summed E-state index contributed by atoms with van der Waals surface area (Å²) in [5, 5.41) is 12.7. The second-order valence-corrected chi connectivity index (χ2v) is 7.61. The van der Waals surface area contributed by atoms with Gasteiger partial charge in [-0.2, -0.15) is 18.2 Å². The number of aryl methyl sites for hydroxylation is 1. The number of thioether (sulfide) groups is 1. The van der Waals surface area contributed by atoms with Crippen molar-refractivity contribution >= 4 is 11.8 Å². The molecule has 4 aromatic rings. The van der Waals surface area contributed by atoms with Gasteiger partial charge in [-0.05, 0) is 42.5 Å². The van der Waals surface area contributed by atoms with Gasteiger partial charge >= 0.3 is 6.18 Å². The van der Waals surface area contributed by atoms with Crippen LogP contribution in [0.2, 0.25) is 0 Å². The Labute approximate surface area is 185 Å². The molecule has 11 heteroatoms. The topological polar surface area (TPSA) is 78.9 Å². The third-order valence-electron chi connectivity index (χ3n) is 4.56. The smallest absolute Gasteiger partial charge is 0.416 e. The molecule has 0 saturated carbocycles. The van der Waals surface area contributed by atoms with Gasteiger partial charge in [0.15, 0.2) is 16.8 Å². The summed E-state index contributed by atoms with van der Waals surface area (Å²) in [7, 11) is 1.55. The summed E-state index contributed by atoms with van der Waals surface area (Å²) in [6.07, 6.45) is -3.84. The molecule has 0 aliphatic heterocycles. The summed E-state index contributed by atoms with van der Waals surface area (Å²) in [6, 6.07) is 12.1. The number of nitrogens with zero attached hydrogens (tertiary/aromatic N) is 5. The van der Waals surface area contributed by atoms with E-state index in [-0.39, 0.29) is 5.69 Å². The fraction of sp³-hybridized carbons (Fsp3) is 0.238. The maximum absolute atomic E-state index is 13.3. The van der Waals surface area contributed by atoms with Gasteiger partial charge < -0.3 is 9.26 Å². The van der Waals surface area contributed by atoms with Crippen LogP contribution in [0.15, 0.2) is 58.2 Å². The number of benzene rings is 2. The van der Waals surface area contributed by atoms with E-state index >= 15 is 0 Å². The zero-order valence-electron chi connectivity index (χ0n) is 17.1. The molecule has 0 amide bonds. The molecular weight excluding hydrogens is 443 g/mol. The molecule has 0 spiro atoms. The Morgan fingerprint density at radius 2 is 1.88 bits per heavy atom. The molecule has 2 heterocycles. The molecule has 2 aromatic carbocycles. The molecule has 0 bridgehead atoms. The monoisotopic (exact) mass is 461 g/mol. The van der Waals surface area contributed by atoms with Crippen LogP contribution in [0.5, 0.6) is 5.75 Å². The fourth-order valence-corrected chi connectivity index (χ4v) is 3.75. The van der Waals surface area contributed by atoms with Crippen molar-refractivity contribution in [2.75, 3.05) is 7.11 Å². The van der Waals surface area contributed by atoms with E-state index in [9.17, 15) is 13.2 Å².